The maximum absolute atomic E-state index is 3.68. The molecule has 1 unspecified atom stereocenters. The average molecular weight is 231 g/mol. The van der Waals surface area contributed by atoms with Crippen LogP contribution in [0.2, 0.25) is 0 Å². The van der Waals surface area contributed by atoms with Crippen molar-refractivity contribution in [2.45, 2.75) is 65.0 Å². The molecule has 2 rings (SSSR count). The zero-order valence-corrected chi connectivity index (χ0v) is 11.3. The first-order valence-corrected chi connectivity index (χ1v) is 7.17. The maximum Gasteiger partial charge on any atom is 0.0208 e. The van der Waals surface area contributed by atoms with Crippen molar-refractivity contribution in [3.05, 3.63) is 34.9 Å². The van der Waals surface area contributed by atoms with Crippen LogP contribution < -0.4 is 5.32 Å². The summed E-state index contributed by atoms with van der Waals surface area (Å²) in [6.07, 6.45) is 7.72. The molecule has 0 aromatic heterocycles. The van der Waals surface area contributed by atoms with E-state index in [1.165, 1.54) is 44.1 Å². The molecule has 0 spiro atoms. The van der Waals surface area contributed by atoms with Gasteiger partial charge in [0, 0.05) is 12.6 Å². The second-order valence-corrected chi connectivity index (χ2v) is 5.23. The molecule has 1 atom stereocenters. The van der Waals surface area contributed by atoms with E-state index in [-0.39, 0.29) is 0 Å². The minimum atomic E-state index is 0.688. The number of hydrogen-bond donors (Lipinski definition) is 1. The molecule has 1 nitrogen and oxygen atoms in total. The van der Waals surface area contributed by atoms with Crippen molar-refractivity contribution in [2.24, 2.45) is 0 Å². The van der Waals surface area contributed by atoms with E-state index in [2.05, 4.69) is 37.4 Å². The quantitative estimate of drug-likeness (QED) is 0.784. The van der Waals surface area contributed by atoms with Crippen LogP contribution in [0, 0.1) is 0 Å². The zero-order chi connectivity index (χ0) is 12.1. The molecule has 1 aromatic carbocycles. The van der Waals surface area contributed by atoms with Gasteiger partial charge in [-0.25, -0.2) is 0 Å². The number of benzene rings is 1. The standard InChI is InChI=1S/C16H25N/c1-3-6-16(4-2)17-12-13-9-10-14-7-5-8-15(14)11-13/h9-11,16-17H,3-8,12H2,1-2H3. The first-order valence-electron chi connectivity index (χ1n) is 7.17. The van der Waals surface area contributed by atoms with Crippen LogP contribution in [0.15, 0.2) is 18.2 Å². The fourth-order valence-electron chi connectivity index (χ4n) is 2.80. The normalized spacial score (nSPS) is 15.9. The summed E-state index contributed by atoms with van der Waals surface area (Å²) >= 11 is 0. The van der Waals surface area contributed by atoms with Gasteiger partial charge in [0.25, 0.3) is 0 Å². The summed E-state index contributed by atoms with van der Waals surface area (Å²) in [5.74, 6) is 0. The molecule has 1 aromatic rings. The molecule has 0 saturated carbocycles. The van der Waals surface area contributed by atoms with E-state index in [0.29, 0.717) is 6.04 Å². The molecule has 1 N–H and O–H groups in total. The van der Waals surface area contributed by atoms with Gasteiger partial charge in [-0.15, -0.1) is 0 Å². The first kappa shape index (κ1) is 12.6. The first-order chi connectivity index (χ1) is 8.33. The van der Waals surface area contributed by atoms with Gasteiger partial charge in [-0.1, -0.05) is 38.5 Å². The topological polar surface area (TPSA) is 12.0 Å². The van der Waals surface area contributed by atoms with E-state index in [0.717, 1.165) is 6.54 Å². The van der Waals surface area contributed by atoms with Gasteiger partial charge in [0.2, 0.25) is 0 Å². The lowest BCUT2D eigenvalue weighted by atomic mass is 10.1. The predicted molar refractivity (Wildman–Crippen MR) is 74.3 cm³/mol. The lowest BCUT2D eigenvalue weighted by Crippen LogP contribution is -2.27. The molecule has 1 aliphatic carbocycles. The smallest absolute Gasteiger partial charge is 0.0208 e. The second-order valence-electron chi connectivity index (χ2n) is 5.23. The van der Waals surface area contributed by atoms with Gasteiger partial charge in [-0.05, 0) is 48.8 Å². The lowest BCUT2D eigenvalue weighted by Gasteiger charge is -2.16. The van der Waals surface area contributed by atoms with Gasteiger partial charge in [0.15, 0.2) is 0 Å². The van der Waals surface area contributed by atoms with Crippen molar-refractivity contribution in [3.63, 3.8) is 0 Å². The third-order valence-corrected chi connectivity index (χ3v) is 3.89. The Labute approximate surface area is 106 Å². The molecular weight excluding hydrogens is 206 g/mol. The molecule has 0 heterocycles. The summed E-state index contributed by atoms with van der Waals surface area (Å²) < 4.78 is 0. The molecule has 1 heteroatoms. The fraction of sp³-hybridized carbons (Fsp3) is 0.625. The highest BCUT2D eigenvalue weighted by Crippen LogP contribution is 2.22. The number of rotatable bonds is 6. The Kier molecular flexibility index (Phi) is 4.61. The van der Waals surface area contributed by atoms with Crippen LogP contribution in [-0.4, -0.2) is 6.04 Å². The van der Waals surface area contributed by atoms with Crippen LogP contribution >= 0.6 is 0 Å². The molecule has 0 aliphatic heterocycles. The molecule has 1 aliphatic rings. The minimum Gasteiger partial charge on any atom is -0.310 e. The number of fused-ring (bicyclic) bond motifs is 1. The summed E-state index contributed by atoms with van der Waals surface area (Å²) in [4.78, 5) is 0. The molecule has 0 radical (unpaired) electrons. The lowest BCUT2D eigenvalue weighted by molar-refractivity contribution is 0.462. The van der Waals surface area contributed by atoms with Gasteiger partial charge in [-0.3, -0.25) is 0 Å². The van der Waals surface area contributed by atoms with Gasteiger partial charge in [0.1, 0.15) is 0 Å². The van der Waals surface area contributed by atoms with Crippen LogP contribution in [-0.2, 0) is 19.4 Å². The Balaban J connectivity index is 1.90. The third kappa shape index (κ3) is 3.32. The van der Waals surface area contributed by atoms with E-state index in [1.807, 2.05) is 0 Å². The van der Waals surface area contributed by atoms with Gasteiger partial charge in [-0.2, -0.15) is 0 Å². The van der Waals surface area contributed by atoms with Crippen LogP contribution in [0.1, 0.15) is 56.2 Å². The fourth-order valence-corrected chi connectivity index (χ4v) is 2.80. The summed E-state index contributed by atoms with van der Waals surface area (Å²) in [7, 11) is 0. The van der Waals surface area contributed by atoms with Crippen LogP contribution in [0.5, 0.6) is 0 Å². The average Bonchev–Trinajstić information content (AvgIpc) is 2.81. The summed E-state index contributed by atoms with van der Waals surface area (Å²) in [6, 6.07) is 7.73. The largest absolute Gasteiger partial charge is 0.310 e. The Morgan fingerprint density at radius 2 is 2.00 bits per heavy atom. The van der Waals surface area contributed by atoms with Gasteiger partial charge < -0.3 is 5.32 Å². The minimum absolute atomic E-state index is 0.688. The maximum atomic E-state index is 3.68. The van der Waals surface area contributed by atoms with Crippen molar-refractivity contribution >= 4 is 0 Å². The van der Waals surface area contributed by atoms with E-state index >= 15 is 0 Å². The van der Waals surface area contributed by atoms with Gasteiger partial charge >= 0.3 is 0 Å². The van der Waals surface area contributed by atoms with Crippen molar-refractivity contribution in [2.75, 3.05) is 0 Å². The van der Waals surface area contributed by atoms with E-state index in [1.54, 1.807) is 11.1 Å². The van der Waals surface area contributed by atoms with E-state index in [9.17, 15) is 0 Å². The predicted octanol–water partition coefficient (Wildman–Crippen LogP) is 3.84. The second kappa shape index (κ2) is 6.20. The molecule has 17 heavy (non-hydrogen) atoms. The van der Waals surface area contributed by atoms with Crippen LogP contribution in [0.25, 0.3) is 0 Å². The highest BCUT2D eigenvalue weighted by molar-refractivity contribution is 5.35. The number of nitrogens with one attached hydrogen (secondary N) is 1. The van der Waals surface area contributed by atoms with Crippen molar-refractivity contribution < 1.29 is 0 Å². The summed E-state index contributed by atoms with van der Waals surface area (Å²) in [5, 5.41) is 3.68. The van der Waals surface area contributed by atoms with Crippen molar-refractivity contribution in [3.8, 4) is 0 Å². The summed E-state index contributed by atoms with van der Waals surface area (Å²) in [5.41, 5.74) is 4.63. The Bertz CT molecular complexity index is 357. The molecule has 0 saturated heterocycles. The Morgan fingerprint density at radius 1 is 1.18 bits per heavy atom. The number of aryl methyl sites for hydroxylation is 2. The SMILES string of the molecule is CCCC(CC)NCc1ccc2c(c1)CCC2. The molecule has 94 valence electrons. The van der Waals surface area contributed by atoms with Crippen LogP contribution in [0.3, 0.4) is 0 Å². The van der Waals surface area contributed by atoms with Crippen LogP contribution in [0.4, 0.5) is 0 Å². The molecule has 0 amide bonds. The third-order valence-electron chi connectivity index (χ3n) is 3.89. The van der Waals surface area contributed by atoms with Crippen molar-refractivity contribution in [1.82, 2.24) is 5.32 Å². The van der Waals surface area contributed by atoms with Gasteiger partial charge in [0.05, 0.1) is 0 Å². The monoisotopic (exact) mass is 231 g/mol. The Hall–Kier alpha value is -0.820. The highest BCUT2D eigenvalue weighted by Gasteiger charge is 2.11. The summed E-state index contributed by atoms with van der Waals surface area (Å²) in [6.45, 7) is 5.57. The van der Waals surface area contributed by atoms with E-state index < -0.39 is 0 Å². The molecule has 0 fully saturated rings. The molecular formula is C16H25N. The number of hydrogen-bond acceptors (Lipinski definition) is 1. The highest BCUT2D eigenvalue weighted by atomic mass is 14.9. The zero-order valence-electron chi connectivity index (χ0n) is 11.3. The van der Waals surface area contributed by atoms with Crippen molar-refractivity contribution in [1.29, 1.82) is 0 Å². The Morgan fingerprint density at radius 3 is 2.76 bits per heavy atom. The van der Waals surface area contributed by atoms with E-state index in [4.69, 9.17) is 0 Å². The molecule has 0 bridgehead atoms.